The fourth-order valence-corrected chi connectivity index (χ4v) is 5.47. The molecule has 4 heterocycles. The van der Waals surface area contributed by atoms with Gasteiger partial charge in [0.25, 0.3) is 5.91 Å². The number of likely N-dealkylation sites (tertiary alicyclic amines) is 1. The van der Waals surface area contributed by atoms with Gasteiger partial charge in [-0.05, 0) is 47.7 Å². The molecule has 0 aliphatic carbocycles. The van der Waals surface area contributed by atoms with Crippen LogP contribution in [0.5, 0.6) is 0 Å². The molecule has 1 aliphatic heterocycles. The molecule has 3 N–H and O–H groups in total. The van der Waals surface area contributed by atoms with E-state index >= 15 is 0 Å². The first kappa shape index (κ1) is 26.1. The minimum Gasteiger partial charge on any atom is -0.465 e. The van der Waals surface area contributed by atoms with Gasteiger partial charge in [-0.15, -0.1) is 0 Å². The van der Waals surface area contributed by atoms with Crippen LogP contribution in [0.1, 0.15) is 39.8 Å². The van der Waals surface area contributed by atoms with Gasteiger partial charge in [-0.2, -0.15) is 5.10 Å². The summed E-state index contributed by atoms with van der Waals surface area (Å²) < 4.78 is 16.0. The van der Waals surface area contributed by atoms with Crippen LogP contribution in [-0.4, -0.2) is 64.3 Å². The van der Waals surface area contributed by atoms with Crippen molar-refractivity contribution < 1.29 is 19.1 Å². The summed E-state index contributed by atoms with van der Waals surface area (Å²) in [6, 6.07) is 14.0. The number of aromatic nitrogens is 6. The van der Waals surface area contributed by atoms with Gasteiger partial charge < -0.3 is 20.3 Å². The SMILES string of the molecule is Cn1cc(-c2cc(F)cc(CNC(=O)c3ncnc4nc(C5CCN(C(=O)O)C5Cc5ccccc5)[nH]c34)c2)cn1. The van der Waals surface area contributed by atoms with Crippen molar-refractivity contribution in [2.24, 2.45) is 7.05 Å². The lowest BCUT2D eigenvalue weighted by Gasteiger charge is -2.25. The fraction of sp³-hybridized carbons (Fsp3) is 0.241. The van der Waals surface area contributed by atoms with Crippen molar-refractivity contribution in [3.05, 3.63) is 95.7 Å². The molecule has 208 valence electrons. The van der Waals surface area contributed by atoms with Gasteiger partial charge in [-0.25, -0.2) is 24.1 Å². The van der Waals surface area contributed by atoms with Gasteiger partial charge in [0.2, 0.25) is 0 Å². The number of nitrogens with zero attached hydrogens (tertiary/aromatic N) is 6. The minimum absolute atomic E-state index is 0.0751. The minimum atomic E-state index is -0.978. The summed E-state index contributed by atoms with van der Waals surface area (Å²) >= 11 is 0. The summed E-state index contributed by atoms with van der Waals surface area (Å²) in [4.78, 5) is 42.9. The zero-order valence-electron chi connectivity index (χ0n) is 22.2. The molecule has 2 atom stereocenters. The van der Waals surface area contributed by atoms with Crippen molar-refractivity contribution in [1.82, 2.24) is 39.9 Å². The third-order valence-electron chi connectivity index (χ3n) is 7.40. The van der Waals surface area contributed by atoms with Crippen LogP contribution in [0, 0.1) is 5.82 Å². The molecule has 1 saturated heterocycles. The van der Waals surface area contributed by atoms with Crippen LogP contribution in [0.15, 0.2) is 67.3 Å². The van der Waals surface area contributed by atoms with E-state index in [-0.39, 0.29) is 24.2 Å². The van der Waals surface area contributed by atoms with E-state index in [0.29, 0.717) is 47.5 Å². The van der Waals surface area contributed by atoms with Gasteiger partial charge in [0, 0.05) is 43.9 Å². The molecular formula is C29H27FN8O3. The zero-order chi connectivity index (χ0) is 28.5. The molecule has 11 nitrogen and oxygen atoms in total. The summed E-state index contributed by atoms with van der Waals surface area (Å²) in [5.74, 6) is -0.547. The maximum absolute atomic E-state index is 14.4. The number of hydrogen-bond donors (Lipinski definition) is 3. The Bertz CT molecular complexity index is 1730. The molecule has 5 aromatic rings. The molecule has 2 unspecified atom stereocenters. The Kier molecular flexibility index (Phi) is 6.88. The first-order valence-electron chi connectivity index (χ1n) is 13.2. The van der Waals surface area contributed by atoms with Crippen molar-refractivity contribution in [3.63, 3.8) is 0 Å². The fourth-order valence-electron chi connectivity index (χ4n) is 5.47. The van der Waals surface area contributed by atoms with Crippen LogP contribution in [0.25, 0.3) is 22.3 Å². The molecule has 0 saturated carbocycles. The summed E-state index contributed by atoms with van der Waals surface area (Å²) in [5, 5.41) is 16.8. The van der Waals surface area contributed by atoms with E-state index in [1.807, 2.05) is 30.3 Å². The van der Waals surface area contributed by atoms with E-state index < -0.39 is 17.8 Å². The maximum Gasteiger partial charge on any atom is 0.407 e. The Balaban J connectivity index is 1.23. The van der Waals surface area contributed by atoms with Crippen LogP contribution in [0.4, 0.5) is 9.18 Å². The van der Waals surface area contributed by atoms with E-state index in [9.17, 15) is 19.1 Å². The van der Waals surface area contributed by atoms with Crippen LogP contribution >= 0.6 is 0 Å². The van der Waals surface area contributed by atoms with Gasteiger partial charge in [-0.1, -0.05) is 30.3 Å². The number of amides is 2. The lowest BCUT2D eigenvalue weighted by Crippen LogP contribution is -2.38. The molecule has 1 aliphatic rings. The molecule has 3 aromatic heterocycles. The lowest BCUT2D eigenvalue weighted by atomic mass is 9.93. The molecule has 41 heavy (non-hydrogen) atoms. The Morgan fingerprint density at radius 2 is 1.95 bits per heavy atom. The quantitative estimate of drug-likeness (QED) is 0.277. The van der Waals surface area contributed by atoms with E-state index in [4.69, 9.17) is 0 Å². The summed E-state index contributed by atoms with van der Waals surface area (Å²) in [5.41, 5.74) is 3.81. The number of fused-ring (bicyclic) bond motifs is 1. The lowest BCUT2D eigenvalue weighted by molar-refractivity contribution is 0.0947. The first-order chi connectivity index (χ1) is 19.9. The molecular weight excluding hydrogens is 527 g/mol. The smallest absolute Gasteiger partial charge is 0.407 e. The number of aromatic amines is 1. The number of aryl methyl sites for hydroxylation is 1. The van der Waals surface area contributed by atoms with Gasteiger partial charge in [0.05, 0.1) is 6.20 Å². The predicted octanol–water partition coefficient (Wildman–Crippen LogP) is 3.90. The van der Waals surface area contributed by atoms with Crippen molar-refractivity contribution in [2.45, 2.75) is 31.3 Å². The molecule has 0 bridgehead atoms. The van der Waals surface area contributed by atoms with Gasteiger partial charge >= 0.3 is 6.09 Å². The van der Waals surface area contributed by atoms with Gasteiger partial charge in [-0.3, -0.25) is 9.48 Å². The molecule has 1 fully saturated rings. The molecule has 12 heteroatoms. The number of hydrogen-bond acceptors (Lipinski definition) is 6. The number of carboxylic acid groups (broad SMARTS) is 1. The molecule has 0 spiro atoms. The highest BCUT2D eigenvalue weighted by Gasteiger charge is 2.40. The third-order valence-corrected chi connectivity index (χ3v) is 7.40. The van der Waals surface area contributed by atoms with Crippen molar-refractivity contribution in [1.29, 1.82) is 0 Å². The van der Waals surface area contributed by atoms with Crippen LogP contribution in [-0.2, 0) is 20.0 Å². The second kappa shape index (κ2) is 10.8. The van der Waals surface area contributed by atoms with E-state index in [1.165, 1.54) is 23.4 Å². The molecule has 2 aromatic carbocycles. The largest absolute Gasteiger partial charge is 0.465 e. The second-order valence-electron chi connectivity index (χ2n) is 10.1. The third kappa shape index (κ3) is 5.36. The maximum atomic E-state index is 14.4. The normalized spacial score (nSPS) is 16.8. The highest BCUT2D eigenvalue weighted by molar-refractivity contribution is 6.02. The number of carbonyl (C=O) groups is 2. The number of rotatable bonds is 7. The highest BCUT2D eigenvalue weighted by atomic mass is 19.1. The van der Waals surface area contributed by atoms with Crippen LogP contribution < -0.4 is 5.32 Å². The van der Waals surface area contributed by atoms with Crippen LogP contribution in [0.2, 0.25) is 0 Å². The van der Waals surface area contributed by atoms with E-state index in [1.54, 1.807) is 30.2 Å². The standard InChI is InChI=1S/C29H27FN8O3/c1-37-15-20(14-34-37)19-9-18(10-21(30)12-19)13-31-28(39)25-24-27(33-16-32-25)36-26(35-24)22-7-8-38(29(40)41)23(22)11-17-5-3-2-4-6-17/h2-6,9-10,12,14-16,22-23H,7-8,11,13H2,1H3,(H,31,39)(H,40,41)(H,32,33,35,36). The topological polar surface area (TPSA) is 142 Å². The van der Waals surface area contributed by atoms with Gasteiger partial charge in [0.1, 0.15) is 23.5 Å². The number of halogens is 1. The van der Waals surface area contributed by atoms with E-state index in [0.717, 1.165) is 11.1 Å². The molecule has 6 rings (SSSR count). The zero-order valence-corrected chi connectivity index (χ0v) is 22.2. The number of H-pyrrole nitrogens is 1. The molecule has 0 radical (unpaired) electrons. The number of imidazole rings is 1. The Morgan fingerprint density at radius 3 is 2.71 bits per heavy atom. The molecule has 2 amide bonds. The average Bonchev–Trinajstić information content (AvgIpc) is 3.70. The summed E-state index contributed by atoms with van der Waals surface area (Å²) in [7, 11) is 1.78. The second-order valence-corrected chi connectivity index (χ2v) is 10.1. The Labute approximate surface area is 234 Å². The number of benzene rings is 2. The van der Waals surface area contributed by atoms with Crippen molar-refractivity contribution >= 4 is 23.2 Å². The monoisotopic (exact) mass is 554 g/mol. The first-order valence-corrected chi connectivity index (χ1v) is 13.2. The predicted molar refractivity (Wildman–Crippen MR) is 147 cm³/mol. The van der Waals surface area contributed by atoms with E-state index in [2.05, 4.69) is 30.4 Å². The Hall–Kier alpha value is -5.13. The van der Waals surface area contributed by atoms with Crippen molar-refractivity contribution in [3.8, 4) is 11.1 Å². The number of nitrogens with one attached hydrogen (secondary N) is 2. The van der Waals surface area contributed by atoms with Gasteiger partial charge in [0.15, 0.2) is 11.3 Å². The number of carbonyl (C=O) groups excluding carboxylic acids is 1. The Morgan fingerprint density at radius 1 is 1.12 bits per heavy atom. The van der Waals surface area contributed by atoms with Crippen LogP contribution in [0.3, 0.4) is 0 Å². The highest BCUT2D eigenvalue weighted by Crippen LogP contribution is 2.35. The average molecular weight is 555 g/mol. The summed E-state index contributed by atoms with van der Waals surface area (Å²) in [6.07, 6.45) is 4.84. The van der Waals surface area contributed by atoms with Crippen molar-refractivity contribution in [2.75, 3.05) is 6.54 Å². The summed E-state index contributed by atoms with van der Waals surface area (Å²) in [6.45, 7) is 0.452.